The fourth-order valence-electron chi connectivity index (χ4n) is 1.76. The first-order valence-electron chi connectivity index (χ1n) is 8.74. The maximum atomic E-state index is 12.0. The molecule has 0 fully saturated rings. The maximum absolute atomic E-state index is 12.0. The zero-order valence-corrected chi connectivity index (χ0v) is 16.0. The fraction of sp³-hybridized carbons (Fsp3) is 0.421. The number of nitrogens with one attached hydrogen (secondary N) is 1. The van der Waals surface area contributed by atoms with Gasteiger partial charge in [-0.1, -0.05) is 13.0 Å². The van der Waals surface area contributed by atoms with Crippen LogP contribution in [0.2, 0.25) is 0 Å². The Morgan fingerprint density at radius 3 is 2.29 bits per heavy atom. The lowest BCUT2D eigenvalue weighted by molar-refractivity contribution is -0.154. The Hall–Kier alpha value is -2.68. The van der Waals surface area contributed by atoms with Crippen molar-refractivity contribution in [1.82, 2.24) is 15.3 Å². The Balaban J connectivity index is 0.000000696. The second-order valence-electron chi connectivity index (χ2n) is 6.15. The number of aromatic nitrogens is 2. The van der Waals surface area contributed by atoms with Gasteiger partial charge in [-0.15, -0.1) is 0 Å². The molecule has 0 spiro atoms. The number of nitrogens with zero attached hydrogens (tertiary/aromatic N) is 2. The van der Waals surface area contributed by atoms with Gasteiger partial charge in [0.1, 0.15) is 0 Å². The van der Waals surface area contributed by atoms with Gasteiger partial charge in [-0.3, -0.25) is 9.78 Å². The summed E-state index contributed by atoms with van der Waals surface area (Å²) in [6.07, 6.45) is 1.05. The summed E-state index contributed by atoms with van der Waals surface area (Å²) in [5.41, 5.74) is 6.40. The molecule has 2 unspecified atom stereocenters. The van der Waals surface area contributed by atoms with Crippen LogP contribution in [0.5, 0.6) is 5.88 Å². The van der Waals surface area contributed by atoms with E-state index in [1.807, 2.05) is 6.92 Å². The molecule has 1 amide bonds. The molecule has 2 aromatic heterocycles. The van der Waals surface area contributed by atoms with Gasteiger partial charge in [0.15, 0.2) is 6.61 Å². The maximum Gasteiger partial charge on any atom is 0.422 e. The van der Waals surface area contributed by atoms with Crippen LogP contribution < -0.4 is 15.8 Å². The first-order valence-corrected chi connectivity index (χ1v) is 8.74. The molecule has 3 N–H and O–H groups in total. The Bertz CT molecular complexity index is 707. The Morgan fingerprint density at radius 1 is 1.21 bits per heavy atom. The fourth-order valence-corrected chi connectivity index (χ4v) is 1.76. The second kappa shape index (κ2) is 11.2. The summed E-state index contributed by atoms with van der Waals surface area (Å²) >= 11 is 0. The normalized spacial score (nSPS) is 13.0. The monoisotopic (exact) mass is 398 g/mol. The molecule has 9 heteroatoms. The number of nitrogens with two attached hydrogens (primary N) is 1. The molecule has 2 atom stereocenters. The zero-order valence-electron chi connectivity index (χ0n) is 16.0. The van der Waals surface area contributed by atoms with E-state index in [4.69, 9.17) is 5.73 Å². The van der Waals surface area contributed by atoms with Gasteiger partial charge in [0, 0.05) is 36.3 Å². The Kier molecular flexibility index (Phi) is 9.37. The van der Waals surface area contributed by atoms with Crippen molar-refractivity contribution in [3.63, 3.8) is 0 Å². The molecular formula is C19H25F3N4O2. The van der Waals surface area contributed by atoms with Crippen LogP contribution in [0.4, 0.5) is 13.2 Å². The molecule has 2 rings (SSSR count). The second-order valence-corrected chi connectivity index (χ2v) is 6.15. The molecule has 2 heterocycles. The summed E-state index contributed by atoms with van der Waals surface area (Å²) in [5, 5.41) is 2.76. The average Bonchev–Trinajstić information content (AvgIpc) is 2.67. The molecular weight excluding hydrogens is 373 g/mol. The average molecular weight is 398 g/mol. The summed E-state index contributed by atoms with van der Waals surface area (Å²) in [6, 6.07) is 6.06. The summed E-state index contributed by atoms with van der Waals surface area (Å²) in [6.45, 7) is 4.42. The van der Waals surface area contributed by atoms with Crippen LogP contribution in [0.25, 0.3) is 0 Å². The number of ether oxygens (including phenoxy) is 1. The van der Waals surface area contributed by atoms with E-state index in [1.165, 1.54) is 24.7 Å². The van der Waals surface area contributed by atoms with Crippen molar-refractivity contribution < 1.29 is 22.7 Å². The van der Waals surface area contributed by atoms with Crippen molar-refractivity contribution in [2.45, 2.75) is 45.5 Å². The van der Waals surface area contributed by atoms with Gasteiger partial charge in [0.25, 0.3) is 5.91 Å². The van der Waals surface area contributed by atoms with Gasteiger partial charge in [-0.05, 0) is 38.0 Å². The van der Waals surface area contributed by atoms with Crippen molar-refractivity contribution in [2.24, 2.45) is 5.73 Å². The smallest absolute Gasteiger partial charge is 0.422 e. The van der Waals surface area contributed by atoms with Gasteiger partial charge in [-0.2, -0.15) is 13.2 Å². The third-order valence-corrected chi connectivity index (χ3v) is 3.58. The minimum atomic E-state index is -4.41. The quantitative estimate of drug-likeness (QED) is 0.775. The van der Waals surface area contributed by atoms with Gasteiger partial charge in [0.2, 0.25) is 5.88 Å². The molecule has 154 valence electrons. The highest BCUT2D eigenvalue weighted by molar-refractivity contribution is 5.94. The molecule has 0 aliphatic rings. The van der Waals surface area contributed by atoms with E-state index in [0.717, 1.165) is 6.42 Å². The van der Waals surface area contributed by atoms with Crippen molar-refractivity contribution in [2.75, 3.05) is 6.61 Å². The third-order valence-electron chi connectivity index (χ3n) is 3.58. The van der Waals surface area contributed by atoms with Crippen LogP contribution in [0, 0.1) is 0 Å². The lowest BCUT2D eigenvalue weighted by Gasteiger charge is -2.14. The molecule has 0 aromatic carbocycles. The minimum absolute atomic E-state index is 0.126. The molecule has 28 heavy (non-hydrogen) atoms. The van der Waals surface area contributed by atoms with Crippen LogP contribution in [-0.2, 0) is 0 Å². The van der Waals surface area contributed by atoms with Crippen LogP contribution in [0.3, 0.4) is 0 Å². The molecule has 0 radical (unpaired) electrons. The summed E-state index contributed by atoms with van der Waals surface area (Å²) < 4.78 is 40.7. The number of rotatable bonds is 6. The highest BCUT2D eigenvalue weighted by Crippen LogP contribution is 2.19. The van der Waals surface area contributed by atoms with Crippen molar-refractivity contribution >= 4 is 5.91 Å². The number of pyridine rings is 2. The largest absolute Gasteiger partial charge is 0.468 e. The van der Waals surface area contributed by atoms with Gasteiger partial charge in [-0.25, -0.2) is 4.98 Å². The number of hydrogen-bond donors (Lipinski definition) is 2. The van der Waals surface area contributed by atoms with Crippen molar-refractivity contribution in [1.29, 1.82) is 0 Å². The number of amides is 1. The van der Waals surface area contributed by atoms with E-state index < -0.39 is 12.8 Å². The first kappa shape index (κ1) is 23.4. The van der Waals surface area contributed by atoms with Gasteiger partial charge < -0.3 is 15.8 Å². The van der Waals surface area contributed by atoms with Gasteiger partial charge in [0.05, 0.1) is 6.04 Å². The van der Waals surface area contributed by atoms with Gasteiger partial charge >= 0.3 is 6.18 Å². The third kappa shape index (κ3) is 9.31. The number of alkyl halides is 3. The van der Waals surface area contributed by atoms with E-state index in [1.54, 1.807) is 25.1 Å². The van der Waals surface area contributed by atoms with Crippen molar-refractivity contribution in [3.05, 3.63) is 54.0 Å². The van der Waals surface area contributed by atoms with Crippen LogP contribution in [0.1, 0.15) is 49.2 Å². The van der Waals surface area contributed by atoms with E-state index in [9.17, 15) is 18.0 Å². The molecule has 0 aliphatic heterocycles. The molecule has 6 nitrogen and oxygen atoms in total. The van der Waals surface area contributed by atoms with E-state index in [-0.39, 0.29) is 17.8 Å². The predicted molar refractivity (Wildman–Crippen MR) is 99.8 cm³/mol. The van der Waals surface area contributed by atoms with Crippen molar-refractivity contribution in [3.8, 4) is 5.88 Å². The summed E-state index contributed by atoms with van der Waals surface area (Å²) in [7, 11) is 0. The summed E-state index contributed by atoms with van der Waals surface area (Å²) in [5.74, 6) is -0.406. The molecule has 0 bridgehead atoms. The standard InChI is InChI=1S/C15H14F3N3O2.C4H11N/c1-10(21-14(22)11-4-6-19-7-5-11)12-2-3-13(20-8-12)23-9-15(16,17)18;1-3-4(2)5/h2-8,10H,9H2,1H3,(H,21,22);4H,3,5H2,1-2H3. The van der Waals surface area contributed by atoms with Crippen LogP contribution in [-0.4, -0.2) is 34.7 Å². The summed E-state index contributed by atoms with van der Waals surface area (Å²) in [4.78, 5) is 19.6. The predicted octanol–water partition coefficient (Wildman–Crippen LogP) is 3.65. The number of hydrogen-bond acceptors (Lipinski definition) is 5. The molecule has 0 aliphatic carbocycles. The van der Waals surface area contributed by atoms with E-state index in [2.05, 4.69) is 26.9 Å². The highest BCUT2D eigenvalue weighted by Gasteiger charge is 2.28. The molecule has 0 saturated heterocycles. The first-order chi connectivity index (χ1) is 13.1. The minimum Gasteiger partial charge on any atom is -0.468 e. The van der Waals surface area contributed by atoms with E-state index >= 15 is 0 Å². The zero-order chi connectivity index (χ0) is 21.2. The molecule has 0 saturated carbocycles. The highest BCUT2D eigenvalue weighted by atomic mass is 19.4. The number of carbonyl (C=O) groups excluding carboxylic acids is 1. The van der Waals surface area contributed by atoms with E-state index in [0.29, 0.717) is 17.2 Å². The number of halogens is 3. The molecule has 2 aromatic rings. The SMILES string of the molecule is CC(NC(=O)c1ccncc1)c1ccc(OCC(F)(F)F)nc1.CCC(C)N. The lowest BCUT2D eigenvalue weighted by atomic mass is 10.1. The van der Waals surface area contributed by atoms with Crippen LogP contribution >= 0.6 is 0 Å². The topological polar surface area (TPSA) is 90.1 Å². The number of carbonyl (C=O) groups is 1. The lowest BCUT2D eigenvalue weighted by Crippen LogP contribution is -2.26. The Labute approximate surface area is 162 Å². The van der Waals surface area contributed by atoms with Crippen LogP contribution in [0.15, 0.2) is 42.9 Å². The Morgan fingerprint density at radius 2 is 1.82 bits per heavy atom.